The van der Waals surface area contributed by atoms with Crippen LogP contribution in [0.5, 0.6) is 11.5 Å². The molecule has 0 aliphatic carbocycles. The van der Waals surface area contributed by atoms with Gasteiger partial charge in [-0.3, -0.25) is 9.69 Å². The summed E-state index contributed by atoms with van der Waals surface area (Å²) in [6, 6.07) is 6.87. The molecule has 1 aromatic carbocycles. The lowest BCUT2D eigenvalue weighted by atomic mass is 9.99. The number of methoxy groups -OCH3 is 1. The lowest BCUT2D eigenvalue weighted by Gasteiger charge is -2.19. The molecule has 7 heteroatoms. The lowest BCUT2D eigenvalue weighted by molar-refractivity contribution is -0.130. The Labute approximate surface area is 133 Å². The van der Waals surface area contributed by atoms with Gasteiger partial charge in [-0.2, -0.15) is 11.8 Å². The summed E-state index contributed by atoms with van der Waals surface area (Å²) in [5, 5.41) is 2.84. The minimum absolute atomic E-state index is 0.124. The first-order valence-corrected chi connectivity index (χ1v) is 8.29. The zero-order valence-corrected chi connectivity index (χ0v) is 13.1. The van der Waals surface area contributed by atoms with Gasteiger partial charge < -0.3 is 14.8 Å². The van der Waals surface area contributed by atoms with Crippen molar-refractivity contribution in [3.63, 3.8) is 0 Å². The summed E-state index contributed by atoms with van der Waals surface area (Å²) in [7, 11) is 1.60. The van der Waals surface area contributed by atoms with Crippen LogP contribution in [0.25, 0.3) is 0 Å². The van der Waals surface area contributed by atoms with E-state index >= 15 is 0 Å². The molecular formula is C15H18N2O4S. The molecule has 1 spiro atoms. The number of imide groups is 1. The molecular weight excluding hydrogens is 304 g/mol. The highest BCUT2D eigenvalue weighted by atomic mass is 32.2. The molecule has 1 N–H and O–H groups in total. The van der Waals surface area contributed by atoms with E-state index in [-0.39, 0.29) is 25.1 Å². The van der Waals surface area contributed by atoms with Crippen molar-refractivity contribution in [3.05, 3.63) is 24.3 Å². The highest BCUT2D eigenvalue weighted by Crippen LogP contribution is 2.33. The Bertz CT molecular complexity index is 569. The fraction of sp³-hybridized carbons (Fsp3) is 0.467. The molecule has 0 saturated carbocycles. The SMILES string of the molecule is COc1ccc(OCCN2C(=O)N[C@]3(CCSC3)C2=O)cc1. The highest BCUT2D eigenvalue weighted by molar-refractivity contribution is 7.99. The van der Waals surface area contributed by atoms with Crippen LogP contribution < -0.4 is 14.8 Å². The molecule has 0 aromatic heterocycles. The van der Waals surface area contributed by atoms with Gasteiger partial charge >= 0.3 is 6.03 Å². The number of carbonyl (C=O) groups excluding carboxylic acids is 2. The molecule has 2 saturated heterocycles. The molecule has 2 aliphatic rings. The van der Waals surface area contributed by atoms with E-state index in [1.807, 2.05) is 0 Å². The van der Waals surface area contributed by atoms with Crippen molar-refractivity contribution in [3.8, 4) is 11.5 Å². The maximum absolute atomic E-state index is 12.4. The minimum atomic E-state index is -0.679. The number of nitrogens with zero attached hydrogens (tertiary/aromatic N) is 1. The molecule has 2 aliphatic heterocycles. The van der Waals surface area contributed by atoms with E-state index in [2.05, 4.69) is 5.32 Å². The van der Waals surface area contributed by atoms with Gasteiger partial charge in [0.2, 0.25) is 0 Å². The largest absolute Gasteiger partial charge is 0.497 e. The number of hydrogen-bond acceptors (Lipinski definition) is 5. The summed E-state index contributed by atoms with van der Waals surface area (Å²) >= 11 is 1.70. The van der Waals surface area contributed by atoms with Crippen molar-refractivity contribution in [1.29, 1.82) is 0 Å². The summed E-state index contributed by atoms with van der Waals surface area (Å²) < 4.78 is 10.7. The summed E-state index contributed by atoms with van der Waals surface area (Å²) in [5.74, 6) is 2.87. The fourth-order valence-corrected chi connectivity index (χ4v) is 3.96. The molecule has 0 radical (unpaired) electrons. The van der Waals surface area contributed by atoms with Gasteiger partial charge in [0.25, 0.3) is 5.91 Å². The molecule has 3 amide bonds. The first-order chi connectivity index (χ1) is 10.6. The topological polar surface area (TPSA) is 67.9 Å². The molecule has 118 valence electrons. The first-order valence-electron chi connectivity index (χ1n) is 7.13. The lowest BCUT2D eigenvalue weighted by Crippen LogP contribution is -2.47. The Morgan fingerprint density at radius 1 is 1.27 bits per heavy atom. The predicted octanol–water partition coefficient (Wildman–Crippen LogP) is 1.50. The van der Waals surface area contributed by atoms with Crippen LogP contribution in [-0.2, 0) is 4.79 Å². The van der Waals surface area contributed by atoms with Gasteiger partial charge in [0.05, 0.1) is 13.7 Å². The third-order valence-corrected chi connectivity index (χ3v) is 5.10. The Hall–Kier alpha value is -1.89. The number of carbonyl (C=O) groups is 2. The second-order valence-corrected chi connectivity index (χ2v) is 6.40. The number of hydrogen-bond donors (Lipinski definition) is 1. The number of amides is 3. The number of urea groups is 1. The smallest absolute Gasteiger partial charge is 0.325 e. The molecule has 1 atom stereocenters. The fourth-order valence-electron chi connectivity index (χ4n) is 2.64. The van der Waals surface area contributed by atoms with Gasteiger partial charge in [0.1, 0.15) is 23.6 Å². The number of nitrogens with one attached hydrogen (secondary N) is 1. The Balaban J connectivity index is 1.55. The van der Waals surface area contributed by atoms with Crippen LogP contribution in [0.1, 0.15) is 6.42 Å². The third kappa shape index (κ3) is 2.72. The molecule has 2 fully saturated rings. The molecule has 0 bridgehead atoms. The Morgan fingerprint density at radius 3 is 2.64 bits per heavy atom. The van der Waals surface area contributed by atoms with E-state index < -0.39 is 5.54 Å². The normalized spacial score (nSPS) is 24.0. The van der Waals surface area contributed by atoms with E-state index in [1.165, 1.54) is 4.90 Å². The van der Waals surface area contributed by atoms with Gasteiger partial charge in [0, 0.05) is 5.75 Å². The van der Waals surface area contributed by atoms with E-state index in [0.29, 0.717) is 17.9 Å². The van der Waals surface area contributed by atoms with Crippen molar-refractivity contribution in [2.75, 3.05) is 31.8 Å². The van der Waals surface area contributed by atoms with Crippen molar-refractivity contribution >= 4 is 23.7 Å². The maximum atomic E-state index is 12.4. The van der Waals surface area contributed by atoms with Crippen LogP contribution >= 0.6 is 11.8 Å². The highest BCUT2D eigenvalue weighted by Gasteiger charge is 2.52. The van der Waals surface area contributed by atoms with Crippen molar-refractivity contribution < 1.29 is 19.1 Å². The minimum Gasteiger partial charge on any atom is -0.497 e. The van der Waals surface area contributed by atoms with Crippen LogP contribution in [-0.4, -0.2) is 54.1 Å². The standard InChI is InChI=1S/C15H18N2O4S/c1-20-11-2-4-12(5-3-11)21-8-7-17-13(18)15(16-14(17)19)6-9-22-10-15/h2-5H,6-10H2,1H3,(H,16,19)/t15-/m0/s1. The quantitative estimate of drug-likeness (QED) is 0.832. The average Bonchev–Trinajstić information content (AvgIpc) is 3.09. The average molecular weight is 322 g/mol. The molecule has 6 nitrogen and oxygen atoms in total. The van der Waals surface area contributed by atoms with Crippen LogP contribution in [0.15, 0.2) is 24.3 Å². The van der Waals surface area contributed by atoms with Gasteiger partial charge in [0.15, 0.2) is 0 Å². The van der Waals surface area contributed by atoms with Crippen LogP contribution in [0.3, 0.4) is 0 Å². The second-order valence-electron chi connectivity index (χ2n) is 5.30. The number of thioether (sulfide) groups is 1. The van der Waals surface area contributed by atoms with E-state index in [9.17, 15) is 9.59 Å². The van der Waals surface area contributed by atoms with Crippen LogP contribution in [0.4, 0.5) is 4.79 Å². The monoisotopic (exact) mass is 322 g/mol. The predicted molar refractivity (Wildman–Crippen MR) is 83.4 cm³/mol. The second kappa shape index (κ2) is 6.08. The van der Waals surface area contributed by atoms with E-state index in [1.54, 1.807) is 43.1 Å². The van der Waals surface area contributed by atoms with Gasteiger partial charge in [-0.05, 0) is 36.4 Å². The Kier molecular flexibility index (Phi) is 4.15. The van der Waals surface area contributed by atoms with Crippen molar-refractivity contribution in [2.24, 2.45) is 0 Å². The van der Waals surface area contributed by atoms with Gasteiger partial charge in [-0.25, -0.2) is 4.79 Å². The molecule has 0 unspecified atom stereocenters. The molecule has 2 heterocycles. The summed E-state index contributed by atoms with van der Waals surface area (Å²) in [5.41, 5.74) is -0.679. The van der Waals surface area contributed by atoms with Crippen LogP contribution in [0.2, 0.25) is 0 Å². The van der Waals surface area contributed by atoms with E-state index in [4.69, 9.17) is 9.47 Å². The molecule has 3 rings (SSSR count). The van der Waals surface area contributed by atoms with Crippen molar-refractivity contribution in [2.45, 2.75) is 12.0 Å². The zero-order valence-electron chi connectivity index (χ0n) is 12.3. The number of rotatable bonds is 5. The summed E-state index contributed by atoms with van der Waals surface area (Å²) in [4.78, 5) is 25.7. The molecule has 22 heavy (non-hydrogen) atoms. The van der Waals surface area contributed by atoms with Gasteiger partial charge in [-0.15, -0.1) is 0 Å². The van der Waals surface area contributed by atoms with Crippen LogP contribution in [0, 0.1) is 0 Å². The van der Waals surface area contributed by atoms with Gasteiger partial charge in [-0.1, -0.05) is 0 Å². The number of ether oxygens (including phenoxy) is 2. The first kappa shape index (κ1) is 15.0. The third-order valence-electron chi connectivity index (χ3n) is 3.91. The zero-order chi connectivity index (χ0) is 15.6. The van der Waals surface area contributed by atoms with E-state index in [0.717, 1.165) is 11.5 Å². The summed E-state index contributed by atoms with van der Waals surface area (Å²) in [6.45, 7) is 0.526. The maximum Gasteiger partial charge on any atom is 0.325 e. The van der Waals surface area contributed by atoms with Crippen molar-refractivity contribution in [1.82, 2.24) is 10.2 Å². The summed E-state index contributed by atoms with van der Waals surface area (Å²) in [6.07, 6.45) is 0.706. The Morgan fingerprint density at radius 2 is 2.00 bits per heavy atom. The molecule has 1 aromatic rings. The number of benzene rings is 1.